The third kappa shape index (κ3) is 4.27. The van der Waals surface area contributed by atoms with Crippen molar-refractivity contribution in [1.82, 2.24) is 4.72 Å². The highest BCUT2D eigenvalue weighted by molar-refractivity contribution is 7.89. The minimum absolute atomic E-state index is 0.0100. The third-order valence-corrected chi connectivity index (χ3v) is 6.87. The Morgan fingerprint density at radius 1 is 0.900 bits per heavy atom. The van der Waals surface area contributed by atoms with E-state index in [1.54, 1.807) is 36.4 Å². The summed E-state index contributed by atoms with van der Waals surface area (Å²) in [6.45, 7) is 1.91. The number of Topliss-reactive ketones (excluding diaryl/α,β-unsaturated/α-hetero) is 1. The zero-order valence-corrected chi connectivity index (χ0v) is 17.5. The number of nitrogens with one attached hydrogen (secondary N) is 1. The van der Waals surface area contributed by atoms with E-state index in [0.29, 0.717) is 5.56 Å². The molecule has 3 aromatic rings. The Morgan fingerprint density at radius 2 is 1.57 bits per heavy atom. The number of sulfonamides is 1. The number of hydrogen-bond donors (Lipinski definition) is 1. The van der Waals surface area contributed by atoms with Crippen LogP contribution < -0.4 is 4.72 Å². The maximum absolute atomic E-state index is 13.1. The number of ketones is 1. The van der Waals surface area contributed by atoms with Crippen LogP contribution in [0.25, 0.3) is 6.08 Å². The molecular formula is C25H23NO3S. The summed E-state index contributed by atoms with van der Waals surface area (Å²) in [5.74, 6) is -0.294. The predicted molar refractivity (Wildman–Crippen MR) is 119 cm³/mol. The minimum Gasteiger partial charge on any atom is -0.294 e. The van der Waals surface area contributed by atoms with Gasteiger partial charge in [-0.1, -0.05) is 84.4 Å². The van der Waals surface area contributed by atoms with Crippen LogP contribution >= 0.6 is 0 Å². The van der Waals surface area contributed by atoms with E-state index >= 15 is 0 Å². The summed E-state index contributed by atoms with van der Waals surface area (Å²) in [4.78, 5) is 13.0. The first-order valence-electron chi connectivity index (χ1n) is 9.88. The first-order valence-corrected chi connectivity index (χ1v) is 11.4. The van der Waals surface area contributed by atoms with Gasteiger partial charge in [-0.15, -0.1) is 0 Å². The van der Waals surface area contributed by atoms with Gasteiger partial charge >= 0.3 is 0 Å². The monoisotopic (exact) mass is 417 g/mol. The molecule has 0 saturated carbocycles. The van der Waals surface area contributed by atoms with Gasteiger partial charge in [0.2, 0.25) is 10.0 Å². The average molecular weight is 418 g/mol. The number of fused-ring (bicyclic) bond motifs is 1. The lowest BCUT2D eigenvalue weighted by atomic mass is 9.82. The summed E-state index contributed by atoms with van der Waals surface area (Å²) in [7, 11) is -3.75. The maximum Gasteiger partial charge on any atom is 0.241 e. The standard InChI is InChI=1S/C25H23NO3S/c1-18-11-15-22(16-12-18)30(28,29)26-25-21(14-13-19-7-5-6-10-23(19)25)17-24(27)20-8-3-2-4-9-20/h2-16,21,25-26H,17H2,1H3/t21-,25-/m0/s1. The number of carbonyl (C=O) groups is 1. The highest BCUT2D eigenvalue weighted by Crippen LogP contribution is 2.36. The van der Waals surface area contributed by atoms with Gasteiger partial charge in [-0.2, -0.15) is 0 Å². The number of rotatable bonds is 6. The minimum atomic E-state index is -3.75. The van der Waals surface area contributed by atoms with E-state index < -0.39 is 16.1 Å². The van der Waals surface area contributed by atoms with Crippen LogP contribution in [0.1, 0.15) is 39.5 Å². The zero-order valence-electron chi connectivity index (χ0n) is 16.7. The molecule has 0 unspecified atom stereocenters. The fourth-order valence-corrected chi connectivity index (χ4v) is 5.03. The second-order valence-electron chi connectivity index (χ2n) is 7.56. The number of aryl methyl sites for hydroxylation is 1. The predicted octanol–water partition coefficient (Wildman–Crippen LogP) is 4.93. The Labute approximate surface area is 177 Å². The molecule has 1 aliphatic rings. The Bertz CT molecular complexity index is 1180. The Morgan fingerprint density at radius 3 is 2.30 bits per heavy atom. The first kappa shape index (κ1) is 20.3. The SMILES string of the molecule is Cc1ccc(S(=O)(=O)N[C@@H]2c3ccccc3C=C[C@H]2CC(=O)c2ccccc2)cc1. The van der Waals surface area contributed by atoms with E-state index in [2.05, 4.69) is 4.72 Å². The molecule has 0 aliphatic heterocycles. The molecule has 0 spiro atoms. The average Bonchev–Trinajstić information content (AvgIpc) is 2.76. The van der Waals surface area contributed by atoms with Gasteiger partial charge in [-0.25, -0.2) is 13.1 Å². The van der Waals surface area contributed by atoms with Crippen LogP contribution in [-0.2, 0) is 10.0 Å². The van der Waals surface area contributed by atoms with E-state index in [4.69, 9.17) is 0 Å². The van der Waals surface area contributed by atoms with Crippen LogP contribution in [0.4, 0.5) is 0 Å². The summed E-state index contributed by atoms with van der Waals surface area (Å²) in [6, 6.07) is 23.0. The molecule has 4 rings (SSSR count). The van der Waals surface area contributed by atoms with Crippen molar-refractivity contribution in [3.8, 4) is 0 Å². The van der Waals surface area contributed by atoms with Crippen LogP contribution in [0, 0.1) is 12.8 Å². The normalized spacial score (nSPS) is 18.0. The summed E-state index contributed by atoms with van der Waals surface area (Å²) in [5, 5.41) is 0. The molecule has 152 valence electrons. The zero-order chi connectivity index (χ0) is 21.1. The summed E-state index contributed by atoms with van der Waals surface area (Å²) in [5.41, 5.74) is 3.45. The summed E-state index contributed by atoms with van der Waals surface area (Å²) >= 11 is 0. The quantitative estimate of drug-likeness (QED) is 0.579. The topological polar surface area (TPSA) is 63.2 Å². The largest absolute Gasteiger partial charge is 0.294 e. The van der Waals surface area contributed by atoms with Crippen molar-refractivity contribution in [2.24, 2.45) is 5.92 Å². The Kier molecular flexibility index (Phi) is 5.66. The highest BCUT2D eigenvalue weighted by atomic mass is 32.2. The summed E-state index contributed by atoms with van der Waals surface area (Å²) in [6.07, 6.45) is 4.12. The van der Waals surface area contributed by atoms with E-state index in [1.165, 1.54) is 0 Å². The number of benzene rings is 3. The van der Waals surface area contributed by atoms with Crippen molar-refractivity contribution in [3.63, 3.8) is 0 Å². The molecule has 5 heteroatoms. The van der Waals surface area contributed by atoms with E-state index in [0.717, 1.165) is 16.7 Å². The molecule has 0 radical (unpaired) electrons. The van der Waals surface area contributed by atoms with E-state index in [9.17, 15) is 13.2 Å². The molecule has 1 N–H and O–H groups in total. The van der Waals surface area contributed by atoms with Gasteiger partial charge in [0.1, 0.15) is 0 Å². The molecule has 4 nitrogen and oxygen atoms in total. The molecule has 0 amide bonds. The molecule has 0 heterocycles. The molecule has 0 saturated heterocycles. The van der Waals surface area contributed by atoms with Gasteiger partial charge in [-0.3, -0.25) is 4.79 Å². The Hall–Kier alpha value is -3.02. The van der Waals surface area contributed by atoms with E-state index in [-0.39, 0.29) is 23.0 Å². The van der Waals surface area contributed by atoms with Crippen molar-refractivity contribution in [1.29, 1.82) is 0 Å². The molecule has 30 heavy (non-hydrogen) atoms. The van der Waals surface area contributed by atoms with Crippen molar-refractivity contribution < 1.29 is 13.2 Å². The van der Waals surface area contributed by atoms with Crippen LogP contribution in [0.15, 0.2) is 89.8 Å². The molecule has 0 bridgehead atoms. The second-order valence-corrected chi connectivity index (χ2v) is 9.27. The lowest BCUT2D eigenvalue weighted by Gasteiger charge is -2.30. The van der Waals surface area contributed by atoms with Gasteiger partial charge in [0.25, 0.3) is 0 Å². The smallest absolute Gasteiger partial charge is 0.241 e. The number of carbonyl (C=O) groups excluding carboxylic acids is 1. The highest BCUT2D eigenvalue weighted by Gasteiger charge is 2.32. The first-order chi connectivity index (χ1) is 14.4. The van der Waals surface area contributed by atoms with Gasteiger partial charge in [-0.05, 0) is 30.2 Å². The molecule has 3 aromatic carbocycles. The van der Waals surface area contributed by atoms with Crippen LogP contribution in [-0.4, -0.2) is 14.2 Å². The fourth-order valence-electron chi connectivity index (χ4n) is 3.76. The van der Waals surface area contributed by atoms with Crippen LogP contribution in [0.5, 0.6) is 0 Å². The lowest BCUT2D eigenvalue weighted by Crippen LogP contribution is -2.35. The van der Waals surface area contributed by atoms with Crippen molar-refractivity contribution in [3.05, 3.63) is 107 Å². The van der Waals surface area contributed by atoms with Crippen molar-refractivity contribution in [2.45, 2.75) is 24.3 Å². The molecule has 1 aliphatic carbocycles. The summed E-state index contributed by atoms with van der Waals surface area (Å²) < 4.78 is 29.1. The molecular weight excluding hydrogens is 394 g/mol. The second kappa shape index (κ2) is 8.38. The Balaban J connectivity index is 1.66. The lowest BCUT2D eigenvalue weighted by molar-refractivity contribution is 0.0962. The van der Waals surface area contributed by atoms with Crippen LogP contribution in [0.2, 0.25) is 0 Å². The maximum atomic E-state index is 13.1. The molecule has 2 atom stereocenters. The van der Waals surface area contributed by atoms with Gasteiger partial charge in [0.15, 0.2) is 5.78 Å². The van der Waals surface area contributed by atoms with Crippen molar-refractivity contribution in [2.75, 3.05) is 0 Å². The third-order valence-electron chi connectivity index (χ3n) is 5.41. The van der Waals surface area contributed by atoms with Crippen molar-refractivity contribution >= 4 is 21.9 Å². The van der Waals surface area contributed by atoms with Crippen LogP contribution in [0.3, 0.4) is 0 Å². The molecule has 0 aromatic heterocycles. The number of hydrogen-bond acceptors (Lipinski definition) is 3. The molecule has 0 fully saturated rings. The van der Waals surface area contributed by atoms with Gasteiger partial charge in [0.05, 0.1) is 10.9 Å². The van der Waals surface area contributed by atoms with Gasteiger partial charge < -0.3 is 0 Å². The van der Waals surface area contributed by atoms with Gasteiger partial charge in [0, 0.05) is 17.9 Å². The van der Waals surface area contributed by atoms with E-state index in [1.807, 2.05) is 61.5 Å². The fraction of sp³-hybridized carbons (Fsp3) is 0.160.